The summed E-state index contributed by atoms with van der Waals surface area (Å²) in [5.41, 5.74) is 1.69. The van der Waals surface area contributed by atoms with Crippen LogP contribution in [0.2, 0.25) is 0 Å². The third kappa shape index (κ3) is 2.90. The van der Waals surface area contributed by atoms with Crippen LogP contribution in [0, 0.1) is 5.82 Å². The zero-order valence-corrected chi connectivity index (χ0v) is 13.2. The van der Waals surface area contributed by atoms with Gasteiger partial charge < -0.3 is 4.57 Å². The number of nitrogens with zero attached hydrogens (tertiary/aromatic N) is 3. The molecule has 1 aromatic heterocycles. The van der Waals surface area contributed by atoms with Gasteiger partial charge in [-0.1, -0.05) is 54.2 Å². The van der Waals surface area contributed by atoms with Crippen LogP contribution < -0.4 is 0 Å². The van der Waals surface area contributed by atoms with Gasteiger partial charge in [0.2, 0.25) is 0 Å². The molecule has 0 saturated carbocycles. The Morgan fingerprint density at radius 2 is 1.68 bits per heavy atom. The number of hydrogen-bond donors (Lipinski definition) is 0. The van der Waals surface area contributed by atoms with E-state index in [1.807, 2.05) is 29.8 Å². The second-order valence-electron chi connectivity index (χ2n) is 5.02. The summed E-state index contributed by atoms with van der Waals surface area (Å²) >= 11 is 1.61. The standard InChI is InChI=1S/C17H16FN3S/c1-12(13-8-4-3-5-9-13)22-17-20-19-16(21(17)2)14-10-6-7-11-15(14)18/h3-12H,1-2H3/t12-/m1/s1. The van der Waals surface area contributed by atoms with E-state index in [4.69, 9.17) is 0 Å². The van der Waals surface area contributed by atoms with E-state index < -0.39 is 0 Å². The van der Waals surface area contributed by atoms with E-state index in [0.717, 1.165) is 5.16 Å². The topological polar surface area (TPSA) is 30.7 Å². The summed E-state index contributed by atoms with van der Waals surface area (Å²) in [6, 6.07) is 16.8. The molecule has 0 unspecified atom stereocenters. The molecule has 22 heavy (non-hydrogen) atoms. The molecule has 1 heterocycles. The molecular formula is C17H16FN3S. The number of hydrogen-bond acceptors (Lipinski definition) is 3. The monoisotopic (exact) mass is 313 g/mol. The maximum absolute atomic E-state index is 13.9. The summed E-state index contributed by atoms with van der Waals surface area (Å²) in [6.07, 6.45) is 0. The molecular weight excluding hydrogens is 297 g/mol. The lowest BCUT2D eigenvalue weighted by atomic mass is 10.2. The Balaban J connectivity index is 1.87. The molecule has 0 spiro atoms. The third-order valence-electron chi connectivity index (χ3n) is 3.50. The van der Waals surface area contributed by atoms with Gasteiger partial charge >= 0.3 is 0 Å². The highest BCUT2D eigenvalue weighted by Gasteiger charge is 2.17. The van der Waals surface area contributed by atoms with Crippen LogP contribution in [0.4, 0.5) is 4.39 Å². The zero-order valence-electron chi connectivity index (χ0n) is 12.4. The Kier molecular flexibility index (Phi) is 4.24. The average Bonchev–Trinajstić information content (AvgIpc) is 2.90. The first-order valence-electron chi connectivity index (χ1n) is 7.02. The van der Waals surface area contributed by atoms with Gasteiger partial charge in [0.25, 0.3) is 0 Å². The lowest BCUT2D eigenvalue weighted by Gasteiger charge is -2.11. The van der Waals surface area contributed by atoms with Crippen molar-refractivity contribution in [1.82, 2.24) is 14.8 Å². The van der Waals surface area contributed by atoms with Crippen LogP contribution in [-0.2, 0) is 7.05 Å². The second-order valence-corrected chi connectivity index (χ2v) is 6.32. The number of aromatic nitrogens is 3. The van der Waals surface area contributed by atoms with Crippen molar-refractivity contribution >= 4 is 11.8 Å². The Bertz CT molecular complexity index is 771. The Morgan fingerprint density at radius 3 is 2.41 bits per heavy atom. The fraction of sp³-hybridized carbons (Fsp3) is 0.176. The smallest absolute Gasteiger partial charge is 0.191 e. The Morgan fingerprint density at radius 1 is 1.00 bits per heavy atom. The molecule has 0 aliphatic carbocycles. The summed E-state index contributed by atoms with van der Waals surface area (Å²) in [5, 5.41) is 9.37. The molecule has 0 radical (unpaired) electrons. The van der Waals surface area contributed by atoms with Crippen molar-refractivity contribution in [3.05, 3.63) is 66.0 Å². The average molecular weight is 313 g/mol. The van der Waals surface area contributed by atoms with Crippen molar-refractivity contribution in [2.24, 2.45) is 7.05 Å². The zero-order chi connectivity index (χ0) is 15.5. The first kappa shape index (κ1) is 14.8. The minimum atomic E-state index is -0.286. The van der Waals surface area contributed by atoms with E-state index in [0.29, 0.717) is 11.4 Å². The Labute approximate surface area is 133 Å². The highest BCUT2D eigenvalue weighted by atomic mass is 32.2. The quantitative estimate of drug-likeness (QED) is 0.666. The molecule has 3 aromatic rings. The van der Waals surface area contributed by atoms with Crippen LogP contribution in [0.5, 0.6) is 0 Å². The van der Waals surface area contributed by atoms with Gasteiger partial charge in [-0.05, 0) is 24.6 Å². The first-order chi connectivity index (χ1) is 10.7. The van der Waals surface area contributed by atoms with Gasteiger partial charge in [0.05, 0.1) is 5.56 Å². The van der Waals surface area contributed by atoms with Crippen molar-refractivity contribution in [2.75, 3.05) is 0 Å². The predicted octanol–water partition coefficient (Wildman–Crippen LogP) is 4.47. The van der Waals surface area contributed by atoms with Crippen LogP contribution in [0.15, 0.2) is 59.8 Å². The lowest BCUT2D eigenvalue weighted by Crippen LogP contribution is -1.98. The molecule has 0 saturated heterocycles. The minimum absolute atomic E-state index is 0.248. The molecule has 0 aliphatic rings. The summed E-state index contributed by atoms with van der Waals surface area (Å²) in [4.78, 5) is 0. The number of thioether (sulfide) groups is 1. The fourth-order valence-corrected chi connectivity index (χ4v) is 3.19. The van der Waals surface area contributed by atoms with E-state index in [1.54, 1.807) is 30.0 Å². The fourth-order valence-electron chi connectivity index (χ4n) is 2.24. The van der Waals surface area contributed by atoms with Crippen LogP contribution in [0.25, 0.3) is 11.4 Å². The number of halogens is 1. The minimum Gasteiger partial charge on any atom is -0.305 e. The highest BCUT2D eigenvalue weighted by molar-refractivity contribution is 7.99. The number of benzene rings is 2. The van der Waals surface area contributed by atoms with Crippen molar-refractivity contribution in [1.29, 1.82) is 0 Å². The van der Waals surface area contributed by atoms with Gasteiger partial charge in [-0.25, -0.2) is 4.39 Å². The van der Waals surface area contributed by atoms with Crippen LogP contribution in [-0.4, -0.2) is 14.8 Å². The van der Waals surface area contributed by atoms with E-state index in [9.17, 15) is 4.39 Å². The van der Waals surface area contributed by atoms with Crippen LogP contribution in [0.1, 0.15) is 17.7 Å². The third-order valence-corrected chi connectivity index (χ3v) is 4.69. The van der Waals surface area contributed by atoms with E-state index in [-0.39, 0.29) is 11.1 Å². The van der Waals surface area contributed by atoms with Crippen LogP contribution >= 0.6 is 11.8 Å². The highest BCUT2D eigenvalue weighted by Crippen LogP contribution is 2.34. The summed E-state index contributed by atoms with van der Waals surface area (Å²) in [7, 11) is 1.86. The van der Waals surface area contributed by atoms with Crippen LogP contribution in [0.3, 0.4) is 0 Å². The summed E-state index contributed by atoms with van der Waals surface area (Å²) < 4.78 is 15.7. The molecule has 0 fully saturated rings. The maximum atomic E-state index is 13.9. The van der Waals surface area contributed by atoms with Gasteiger partial charge in [0.1, 0.15) is 5.82 Å². The van der Waals surface area contributed by atoms with Crippen molar-refractivity contribution < 1.29 is 4.39 Å². The van der Waals surface area contributed by atoms with Crippen molar-refractivity contribution in [3.63, 3.8) is 0 Å². The molecule has 0 aliphatic heterocycles. The SMILES string of the molecule is C[C@@H](Sc1nnc(-c2ccccc2F)n1C)c1ccccc1. The van der Waals surface area contributed by atoms with Gasteiger partial charge in [-0.2, -0.15) is 0 Å². The number of rotatable bonds is 4. The van der Waals surface area contributed by atoms with Gasteiger partial charge in [-0.3, -0.25) is 0 Å². The normalized spacial score (nSPS) is 12.3. The molecule has 1 atom stereocenters. The molecule has 0 bridgehead atoms. The summed E-state index contributed by atoms with van der Waals surface area (Å²) in [6.45, 7) is 2.12. The molecule has 3 nitrogen and oxygen atoms in total. The maximum Gasteiger partial charge on any atom is 0.191 e. The van der Waals surface area contributed by atoms with E-state index >= 15 is 0 Å². The van der Waals surface area contributed by atoms with Crippen molar-refractivity contribution in [2.45, 2.75) is 17.3 Å². The van der Waals surface area contributed by atoms with Gasteiger partial charge in [-0.15, -0.1) is 10.2 Å². The molecule has 0 amide bonds. The lowest BCUT2D eigenvalue weighted by molar-refractivity contribution is 0.628. The molecule has 0 N–H and O–H groups in total. The Hall–Kier alpha value is -2.14. The van der Waals surface area contributed by atoms with E-state index in [1.165, 1.54) is 11.6 Å². The largest absolute Gasteiger partial charge is 0.305 e. The molecule has 112 valence electrons. The summed E-state index contributed by atoms with van der Waals surface area (Å²) in [5.74, 6) is 0.256. The first-order valence-corrected chi connectivity index (χ1v) is 7.90. The van der Waals surface area contributed by atoms with Gasteiger partial charge in [0, 0.05) is 12.3 Å². The molecule has 2 aromatic carbocycles. The molecule has 3 rings (SSSR count). The van der Waals surface area contributed by atoms with Gasteiger partial charge in [0.15, 0.2) is 11.0 Å². The van der Waals surface area contributed by atoms with E-state index in [2.05, 4.69) is 29.3 Å². The second kappa shape index (κ2) is 6.32. The van der Waals surface area contributed by atoms with Crippen molar-refractivity contribution in [3.8, 4) is 11.4 Å². The predicted molar refractivity (Wildman–Crippen MR) is 87.1 cm³/mol. The molecule has 5 heteroatoms.